The van der Waals surface area contributed by atoms with Crippen LogP contribution >= 0.6 is 0 Å². The van der Waals surface area contributed by atoms with Gasteiger partial charge in [0, 0.05) is 23.3 Å². The second-order valence-corrected chi connectivity index (χ2v) is 3.25. The smallest absolute Gasteiger partial charge is 0.248 e. The highest BCUT2D eigenvalue weighted by Crippen LogP contribution is 2.18. The second kappa shape index (κ2) is 5.26. The van der Waals surface area contributed by atoms with Crippen molar-refractivity contribution in [3.63, 3.8) is 0 Å². The van der Waals surface area contributed by atoms with Crippen LogP contribution in [0.5, 0.6) is 0 Å². The number of carbonyl (C=O) groups excluding carboxylic acids is 1. The zero-order chi connectivity index (χ0) is 12.1. The average molecular weight is 216 g/mol. The van der Waals surface area contributed by atoms with Gasteiger partial charge in [-0.2, -0.15) is 0 Å². The summed E-state index contributed by atoms with van der Waals surface area (Å²) in [5, 5.41) is 2.01. The molecule has 0 fully saturated rings. The van der Waals surface area contributed by atoms with Crippen LogP contribution in [0.1, 0.15) is 29.8 Å². The number of hydrogen-bond donors (Lipinski definition) is 1. The Bertz CT molecular complexity index is 506. The molecule has 0 atom stereocenters. The third-order valence-electron chi connectivity index (χ3n) is 2.25. The predicted octanol–water partition coefficient (Wildman–Crippen LogP) is 2.67. The largest absolute Gasteiger partial charge is 0.366 e. The van der Waals surface area contributed by atoms with Crippen LogP contribution in [0.25, 0.3) is 10.8 Å². The summed E-state index contributed by atoms with van der Waals surface area (Å²) in [6.45, 7) is 5.87. The molecule has 1 aromatic carbocycles. The van der Waals surface area contributed by atoms with Crippen molar-refractivity contribution < 1.29 is 4.79 Å². The molecule has 1 amide bonds. The van der Waals surface area contributed by atoms with Gasteiger partial charge in [0.15, 0.2) is 0 Å². The molecule has 0 spiro atoms. The first kappa shape index (κ1) is 12.2. The lowest BCUT2D eigenvalue weighted by molar-refractivity contribution is 0.1000. The van der Waals surface area contributed by atoms with Crippen LogP contribution in [0.3, 0.4) is 0 Å². The predicted molar refractivity (Wildman–Crippen MR) is 66.3 cm³/mol. The summed E-state index contributed by atoms with van der Waals surface area (Å²) in [4.78, 5) is 15.1. The lowest BCUT2D eigenvalue weighted by Crippen LogP contribution is -2.12. The molecular formula is C13H16N2O. The van der Waals surface area contributed by atoms with Crippen molar-refractivity contribution in [3.05, 3.63) is 41.7 Å². The van der Waals surface area contributed by atoms with Crippen LogP contribution in [0.2, 0.25) is 0 Å². The number of aromatic nitrogens is 1. The van der Waals surface area contributed by atoms with Crippen LogP contribution < -0.4 is 5.73 Å². The fourth-order valence-corrected chi connectivity index (χ4v) is 1.52. The fourth-order valence-electron chi connectivity index (χ4n) is 1.52. The van der Waals surface area contributed by atoms with Crippen molar-refractivity contribution in [1.29, 1.82) is 0 Å². The molecule has 3 heteroatoms. The molecule has 1 heterocycles. The molecule has 0 bridgehead atoms. The summed E-state index contributed by atoms with van der Waals surface area (Å²) in [5.41, 5.74) is 6.71. The summed E-state index contributed by atoms with van der Waals surface area (Å²) in [6.07, 6.45) is 3.47. The zero-order valence-electron chi connectivity index (χ0n) is 9.82. The van der Waals surface area contributed by atoms with Crippen LogP contribution in [-0.2, 0) is 0 Å². The maximum atomic E-state index is 11.1. The van der Waals surface area contributed by atoms with Gasteiger partial charge in [0.2, 0.25) is 5.91 Å². The summed E-state index contributed by atoms with van der Waals surface area (Å²) in [7, 11) is 0. The first-order valence-electron chi connectivity index (χ1n) is 5.32. The Morgan fingerprint density at radius 3 is 2.56 bits per heavy atom. The van der Waals surface area contributed by atoms with Gasteiger partial charge < -0.3 is 5.73 Å². The summed E-state index contributed by atoms with van der Waals surface area (Å²) in [6, 6.07) is 5.58. The minimum atomic E-state index is -0.388. The second-order valence-electron chi connectivity index (χ2n) is 3.25. The number of nitrogens with zero attached hydrogens (tertiary/aromatic N) is 1. The van der Waals surface area contributed by atoms with Crippen LogP contribution in [0.4, 0.5) is 0 Å². The molecular weight excluding hydrogens is 200 g/mol. The van der Waals surface area contributed by atoms with E-state index in [0.29, 0.717) is 5.56 Å². The Balaban J connectivity index is 0.000000606. The number of amides is 1. The standard InChI is InChI=1S/C11H10N2O.C2H6/c1-7-4-9-6-13-3-2-8(9)5-10(7)11(12)14;1-2/h2-6H,1H3,(H2,12,14);1-2H3. The van der Waals surface area contributed by atoms with Crippen molar-refractivity contribution in [1.82, 2.24) is 4.98 Å². The third kappa shape index (κ3) is 2.37. The first-order chi connectivity index (χ1) is 7.68. The van der Waals surface area contributed by atoms with Crippen LogP contribution in [-0.4, -0.2) is 10.9 Å². The molecule has 0 radical (unpaired) electrons. The number of nitrogens with two attached hydrogens (primary N) is 1. The van der Waals surface area contributed by atoms with Gasteiger partial charge in [-0.05, 0) is 36.1 Å². The highest BCUT2D eigenvalue weighted by atomic mass is 16.1. The fraction of sp³-hybridized carbons (Fsp3) is 0.231. The highest BCUT2D eigenvalue weighted by Gasteiger charge is 2.05. The van der Waals surface area contributed by atoms with Gasteiger partial charge in [0.05, 0.1) is 0 Å². The molecule has 1 aromatic heterocycles. The molecule has 84 valence electrons. The molecule has 0 aliphatic heterocycles. The maximum Gasteiger partial charge on any atom is 0.248 e. The minimum absolute atomic E-state index is 0.388. The van der Waals surface area contributed by atoms with Crippen molar-refractivity contribution in [2.75, 3.05) is 0 Å². The quantitative estimate of drug-likeness (QED) is 0.796. The number of primary amides is 1. The molecule has 0 saturated carbocycles. The van der Waals surface area contributed by atoms with Gasteiger partial charge in [0.1, 0.15) is 0 Å². The number of pyridine rings is 1. The molecule has 3 nitrogen and oxygen atoms in total. The molecule has 0 aliphatic carbocycles. The van der Waals surface area contributed by atoms with Crippen molar-refractivity contribution in [2.45, 2.75) is 20.8 Å². The van der Waals surface area contributed by atoms with E-state index in [-0.39, 0.29) is 5.91 Å². The van der Waals surface area contributed by atoms with Crippen LogP contribution in [0, 0.1) is 6.92 Å². The van der Waals surface area contributed by atoms with Crippen molar-refractivity contribution in [2.24, 2.45) is 5.73 Å². The van der Waals surface area contributed by atoms with E-state index in [1.807, 2.05) is 32.9 Å². The lowest BCUT2D eigenvalue weighted by atomic mass is 10.0. The summed E-state index contributed by atoms with van der Waals surface area (Å²) < 4.78 is 0. The molecule has 16 heavy (non-hydrogen) atoms. The van der Waals surface area contributed by atoms with E-state index in [4.69, 9.17) is 5.73 Å². The number of fused-ring (bicyclic) bond motifs is 1. The molecule has 0 unspecified atom stereocenters. The summed E-state index contributed by atoms with van der Waals surface area (Å²) in [5.74, 6) is -0.388. The van der Waals surface area contributed by atoms with E-state index in [0.717, 1.165) is 16.3 Å². The van der Waals surface area contributed by atoms with Crippen molar-refractivity contribution in [3.8, 4) is 0 Å². The van der Waals surface area contributed by atoms with Crippen molar-refractivity contribution >= 4 is 16.7 Å². The number of hydrogen-bond acceptors (Lipinski definition) is 2. The van der Waals surface area contributed by atoms with Gasteiger partial charge in [-0.3, -0.25) is 9.78 Å². The minimum Gasteiger partial charge on any atom is -0.366 e. The number of benzene rings is 1. The lowest BCUT2D eigenvalue weighted by Gasteiger charge is -2.03. The van der Waals surface area contributed by atoms with E-state index < -0.39 is 0 Å². The number of rotatable bonds is 1. The highest BCUT2D eigenvalue weighted by molar-refractivity contribution is 5.99. The van der Waals surface area contributed by atoms with E-state index in [2.05, 4.69) is 4.98 Å². The summed E-state index contributed by atoms with van der Waals surface area (Å²) >= 11 is 0. The number of aryl methyl sites for hydroxylation is 1. The Kier molecular flexibility index (Phi) is 4.00. The molecule has 2 rings (SSSR count). The first-order valence-corrected chi connectivity index (χ1v) is 5.32. The van der Waals surface area contributed by atoms with Gasteiger partial charge in [-0.25, -0.2) is 0 Å². The Morgan fingerprint density at radius 1 is 1.25 bits per heavy atom. The average Bonchev–Trinajstić information content (AvgIpc) is 2.30. The third-order valence-corrected chi connectivity index (χ3v) is 2.25. The van der Waals surface area contributed by atoms with E-state index in [1.54, 1.807) is 18.5 Å². The SMILES string of the molecule is CC.Cc1cc2cnccc2cc1C(N)=O. The Hall–Kier alpha value is -1.90. The molecule has 0 saturated heterocycles. The monoisotopic (exact) mass is 216 g/mol. The van der Waals surface area contributed by atoms with Gasteiger partial charge in [-0.15, -0.1) is 0 Å². The normalized spacial score (nSPS) is 9.44. The van der Waals surface area contributed by atoms with Gasteiger partial charge in [0.25, 0.3) is 0 Å². The van der Waals surface area contributed by atoms with Gasteiger partial charge >= 0.3 is 0 Å². The number of carbonyl (C=O) groups is 1. The van der Waals surface area contributed by atoms with Gasteiger partial charge in [-0.1, -0.05) is 13.8 Å². The van der Waals surface area contributed by atoms with E-state index in [1.165, 1.54) is 0 Å². The maximum absolute atomic E-state index is 11.1. The Morgan fingerprint density at radius 2 is 1.94 bits per heavy atom. The zero-order valence-corrected chi connectivity index (χ0v) is 9.82. The topological polar surface area (TPSA) is 56.0 Å². The molecule has 0 aliphatic rings. The van der Waals surface area contributed by atoms with E-state index in [9.17, 15) is 4.79 Å². The Labute approximate surface area is 95.3 Å². The van der Waals surface area contributed by atoms with Crippen LogP contribution in [0.15, 0.2) is 30.6 Å². The van der Waals surface area contributed by atoms with E-state index >= 15 is 0 Å². The molecule has 2 aromatic rings. The molecule has 2 N–H and O–H groups in total.